The van der Waals surface area contributed by atoms with Gasteiger partial charge in [-0.25, -0.2) is 4.79 Å². The third kappa shape index (κ3) is 10.00. The highest BCUT2D eigenvalue weighted by molar-refractivity contribution is 5.95. The number of benzene rings is 3. The molecule has 6 heterocycles. The second-order valence-corrected chi connectivity index (χ2v) is 22.6. The number of amides is 2. The summed E-state index contributed by atoms with van der Waals surface area (Å²) in [5, 5.41) is 48.3. The van der Waals surface area contributed by atoms with E-state index in [0.717, 1.165) is 39.0 Å². The van der Waals surface area contributed by atoms with Gasteiger partial charge in [-0.2, -0.15) is 0 Å². The number of nitrogens with one attached hydrogen (secondary N) is 4. The average Bonchev–Trinajstić information content (AvgIpc) is 2.50. The zero-order valence-electron chi connectivity index (χ0n) is 46.5. The molecule has 2 bridgehead atoms. The van der Waals surface area contributed by atoms with E-state index in [1.165, 1.54) is 7.11 Å². The zero-order chi connectivity index (χ0) is 55.6. The van der Waals surface area contributed by atoms with Gasteiger partial charge >= 0.3 is 12.1 Å². The molecule has 6 aliphatic rings. The molecule has 7 N–H and O–H groups in total. The van der Waals surface area contributed by atoms with Crippen molar-refractivity contribution in [1.29, 1.82) is 0 Å². The van der Waals surface area contributed by atoms with E-state index in [2.05, 4.69) is 48.9 Å². The summed E-state index contributed by atoms with van der Waals surface area (Å²) in [6, 6.07) is 20.4. The molecule has 3 unspecified atom stereocenters. The molecule has 1 aliphatic carbocycles. The number of esters is 1. The Hall–Kier alpha value is -5.61. The summed E-state index contributed by atoms with van der Waals surface area (Å²) in [7, 11) is 4.93. The van der Waals surface area contributed by atoms with E-state index >= 15 is 9.59 Å². The summed E-state index contributed by atoms with van der Waals surface area (Å²) in [4.78, 5) is 53.0. The number of fused-ring (bicyclic) bond motifs is 6. The van der Waals surface area contributed by atoms with Crippen LogP contribution < -0.4 is 25.6 Å². The van der Waals surface area contributed by atoms with E-state index in [4.69, 9.17) is 28.4 Å². The average molecular weight is 1090 g/mol. The summed E-state index contributed by atoms with van der Waals surface area (Å²) >= 11 is 0. The topological polar surface area (TPSA) is 229 Å². The number of likely N-dealkylation sites (N-methyl/N-ethyl adjacent to an activating group) is 1. The number of ether oxygens (including phenoxy) is 6. The van der Waals surface area contributed by atoms with Crippen LogP contribution in [0.25, 0.3) is 10.9 Å². The van der Waals surface area contributed by atoms with Crippen LogP contribution in [0.15, 0.2) is 78.9 Å². The van der Waals surface area contributed by atoms with Crippen molar-refractivity contribution < 1.29 is 58.1 Å². The van der Waals surface area contributed by atoms with Crippen molar-refractivity contribution >= 4 is 34.6 Å². The molecule has 10 atom stereocenters. The van der Waals surface area contributed by atoms with Gasteiger partial charge < -0.3 is 64.3 Å². The minimum absolute atomic E-state index is 0.0721. The molecule has 5 aliphatic heterocycles. The Labute approximate surface area is 463 Å². The summed E-state index contributed by atoms with van der Waals surface area (Å²) < 4.78 is 34.8. The van der Waals surface area contributed by atoms with Crippen LogP contribution in [-0.2, 0) is 57.1 Å². The number of aliphatic hydroxyl groups excluding tert-OH is 1. The number of para-hydroxylation sites is 1. The first-order valence-corrected chi connectivity index (χ1v) is 28.3. The fourth-order valence-corrected chi connectivity index (χ4v) is 15.1. The Morgan fingerprint density at radius 3 is 2.30 bits per heavy atom. The van der Waals surface area contributed by atoms with Gasteiger partial charge in [0.15, 0.2) is 5.60 Å². The van der Waals surface area contributed by atoms with Gasteiger partial charge in [-0.3, -0.25) is 24.7 Å². The van der Waals surface area contributed by atoms with Gasteiger partial charge in [0.25, 0.3) is 5.91 Å². The number of methoxy groups -OCH3 is 2. The number of aliphatic hydroxyl groups is 3. The molecular formula is C60H81N7O12. The summed E-state index contributed by atoms with van der Waals surface area (Å²) in [5.41, 5.74) is -0.868. The predicted octanol–water partition coefficient (Wildman–Crippen LogP) is 3.89. The molecule has 2 amide bonds. The third-order valence-corrected chi connectivity index (χ3v) is 18.5. The lowest BCUT2D eigenvalue weighted by Gasteiger charge is -2.63. The van der Waals surface area contributed by atoms with E-state index in [-0.39, 0.29) is 45.0 Å². The van der Waals surface area contributed by atoms with Gasteiger partial charge in [0.1, 0.15) is 23.9 Å². The fraction of sp³-hybridized carbons (Fsp3) is 0.583. The lowest BCUT2D eigenvalue weighted by Crippen LogP contribution is -2.81. The molecule has 428 valence electrons. The third-order valence-electron chi connectivity index (χ3n) is 18.5. The van der Waals surface area contributed by atoms with Crippen molar-refractivity contribution in [2.75, 3.05) is 118 Å². The standard InChI is InChI=1S/C60H81N7O12/c1-6-56(72)34-41-35-59(54(70)75-5,49-43(18-24-66(36-41)38-56)42-16-11-12-17-46(42)64-49)45-32-44-47(33-48(45)74-4)65(3)51-58(44)20-25-67-23-13-19-57(7-2,50(58)67)52(68)60(51,73)53(69)62-22-27-77-29-31-78-30-28-76-26-21-61-39-63-55(71)79-37-40-14-9-8-10-15-40/h8-17,19,32-33,41,50-52,61,64,68,72-73H,6-7,18,20-31,34-39H2,1-5H3,(H,62,69)(H,63,71)/t41?,50-,51+,52+,56-,57+,58?,59-,60+/m0/s1. The normalized spacial score (nSPS) is 30.5. The Morgan fingerprint density at radius 1 is 0.835 bits per heavy atom. The van der Waals surface area contributed by atoms with Crippen LogP contribution in [0.3, 0.4) is 0 Å². The van der Waals surface area contributed by atoms with Crippen LogP contribution in [-0.4, -0.2) is 191 Å². The van der Waals surface area contributed by atoms with Crippen LogP contribution in [0.1, 0.15) is 73.9 Å². The van der Waals surface area contributed by atoms with Crippen LogP contribution in [0.2, 0.25) is 0 Å². The highest BCUT2D eigenvalue weighted by atomic mass is 16.6. The largest absolute Gasteiger partial charge is 0.496 e. The number of aromatic amines is 1. The molecular weight excluding hydrogens is 1010 g/mol. The number of carbonyl (C=O) groups excluding carboxylic acids is 3. The lowest BCUT2D eigenvalue weighted by atomic mass is 9.47. The van der Waals surface area contributed by atoms with Gasteiger partial charge in [-0.05, 0) is 79.8 Å². The van der Waals surface area contributed by atoms with Crippen LogP contribution in [0, 0.1) is 11.3 Å². The Bertz CT molecular complexity index is 2850. The first-order valence-electron chi connectivity index (χ1n) is 28.3. The fourth-order valence-electron chi connectivity index (χ4n) is 15.1. The molecule has 3 fully saturated rings. The van der Waals surface area contributed by atoms with Gasteiger partial charge in [0, 0.05) is 97.1 Å². The second kappa shape index (κ2) is 23.5. The molecule has 4 aromatic rings. The SMILES string of the molecule is CC[C@]1(O)CC2CN(CCc3c([nH]c4ccccc34)[C@@](C(=O)OC)(c3cc4c(cc3OC)N(C)[C@@H]3C45CCN4CC=C[C@](CC)([C@H]45)[C@@H](O)[C@@]3(O)C(=O)NCCOCCOCCOCCNCNC(=O)OCc3ccccc3)C2)C1. The summed E-state index contributed by atoms with van der Waals surface area (Å²) in [6.45, 7) is 10.1. The number of piperidine rings is 1. The van der Waals surface area contributed by atoms with Crippen LogP contribution in [0.4, 0.5) is 10.5 Å². The molecule has 19 nitrogen and oxygen atoms in total. The monoisotopic (exact) mass is 1090 g/mol. The lowest BCUT2D eigenvalue weighted by molar-refractivity contribution is -0.203. The molecule has 1 saturated carbocycles. The van der Waals surface area contributed by atoms with E-state index in [1.807, 2.05) is 86.5 Å². The number of aromatic nitrogens is 1. The van der Waals surface area contributed by atoms with Crippen molar-refractivity contribution in [2.24, 2.45) is 11.3 Å². The maximum absolute atomic E-state index is 15.5. The van der Waals surface area contributed by atoms with Gasteiger partial charge in [-0.15, -0.1) is 0 Å². The van der Waals surface area contributed by atoms with Crippen molar-refractivity contribution in [3.05, 3.63) is 107 Å². The van der Waals surface area contributed by atoms with Crippen molar-refractivity contribution in [2.45, 2.75) is 99.2 Å². The van der Waals surface area contributed by atoms with E-state index < -0.39 is 57.6 Å². The second-order valence-electron chi connectivity index (χ2n) is 22.6. The van der Waals surface area contributed by atoms with E-state index in [9.17, 15) is 20.1 Å². The Kier molecular flexibility index (Phi) is 16.8. The number of hydrogen-bond donors (Lipinski definition) is 7. The van der Waals surface area contributed by atoms with E-state index in [1.54, 1.807) is 7.11 Å². The minimum atomic E-state index is -2.33. The van der Waals surface area contributed by atoms with E-state index in [0.29, 0.717) is 116 Å². The molecule has 19 heteroatoms. The molecule has 3 aromatic carbocycles. The number of H-pyrrole nitrogens is 1. The molecule has 10 rings (SSSR count). The molecule has 1 spiro atoms. The van der Waals surface area contributed by atoms with Gasteiger partial charge in [-0.1, -0.05) is 74.5 Å². The van der Waals surface area contributed by atoms with Crippen LogP contribution in [0.5, 0.6) is 5.75 Å². The van der Waals surface area contributed by atoms with Gasteiger partial charge in [0.2, 0.25) is 0 Å². The quantitative estimate of drug-likeness (QED) is 0.0256. The first-order chi connectivity index (χ1) is 38.2. The molecule has 79 heavy (non-hydrogen) atoms. The van der Waals surface area contributed by atoms with Crippen molar-refractivity contribution in [1.82, 2.24) is 30.7 Å². The number of rotatable bonds is 22. The number of nitrogens with zero attached hydrogens (tertiary/aromatic N) is 3. The maximum Gasteiger partial charge on any atom is 0.408 e. The highest BCUT2D eigenvalue weighted by Gasteiger charge is 2.78. The summed E-state index contributed by atoms with van der Waals surface area (Å²) in [5.74, 6) is -0.803. The van der Waals surface area contributed by atoms with Crippen LogP contribution >= 0.6 is 0 Å². The number of carbonyl (C=O) groups is 3. The maximum atomic E-state index is 15.5. The number of alkyl carbamates (subject to hydrolysis) is 1. The van der Waals surface area contributed by atoms with Gasteiger partial charge in [0.05, 0.1) is 72.2 Å². The molecule has 1 aromatic heterocycles. The zero-order valence-corrected chi connectivity index (χ0v) is 46.5. The Balaban J connectivity index is 0.860. The smallest absolute Gasteiger partial charge is 0.408 e. The Morgan fingerprint density at radius 2 is 1.57 bits per heavy atom. The van der Waals surface area contributed by atoms with Crippen molar-refractivity contribution in [3.63, 3.8) is 0 Å². The predicted molar refractivity (Wildman–Crippen MR) is 297 cm³/mol. The number of hydrogen-bond acceptors (Lipinski definition) is 16. The minimum Gasteiger partial charge on any atom is -0.496 e. The summed E-state index contributed by atoms with van der Waals surface area (Å²) in [6.07, 6.45) is 5.12. The number of anilines is 1. The molecule has 0 radical (unpaired) electrons. The molecule has 2 saturated heterocycles. The highest BCUT2D eigenvalue weighted by Crippen LogP contribution is 2.67. The van der Waals surface area contributed by atoms with Crippen molar-refractivity contribution in [3.8, 4) is 5.75 Å². The first kappa shape index (κ1) is 56.7.